The van der Waals surface area contributed by atoms with E-state index in [2.05, 4.69) is 24.1 Å². The molecule has 1 aliphatic carbocycles. The van der Waals surface area contributed by atoms with Gasteiger partial charge in [-0.3, -0.25) is 4.90 Å². The molecule has 2 aliphatic rings. The molecule has 0 aromatic rings. The van der Waals surface area contributed by atoms with E-state index in [-0.39, 0.29) is 17.7 Å². The van der Waals surface area contributed by atoms with Crippen LogP contribution < -0.4 is 5.32 Å². The molecule has 0 amide bonds. The first-order chi connectivity index (χ1) is 8.49. The number of piperidine rings is 1. The molecule has 106 valence electrons. The number of nitrogens with zero attached hydrogens (tertiary/aromatic N) is 1. The average molecular weight is 256 g/mol. The molecule has 0 bridgehead atoms. The van der Waals surface area contributed by atoms with Gasteiger partial charge in [-0.1, -0.05) is 0 Å². The van der Waals surface area contributed by atoms with Gasteiger partial charge in [-0.05, 0) is 46.1 Å². The predicted molar refractivity (Wildman–Crippen MR) is 72.7 cm³/mol. The van der Waals surface area contributed by atoms with E-state index in [1.165, 1.54) is 19.3 Å². The summed E-state index contributed by atoms with van der Waals surface area (Å²) in [5.74, 6) is 0. The van der Waals surface area contributed by atoms with Crippen molar-refractivity contribution in [3.63, 3.8) is 0 Å². The Bertz CT molecular complexity index is 283. The number of rotatable bonds is 6. The summed E-state index contributed by atoms with van der Waals surface area (Å²) in [6.07, 6.45) is 4.82. The van der Waals surface area contributed by atoms with Gasteiger partial charge in [0.15, 0.2) is 0 Å². The molecule has 2 atom stereocenters. The Labute approximate surface area is 111 Å². The van der Waals surface area contributed by atoms with Crippen molar-refractivity contribution in [3.8, 4) is 0 Å². The van der Waals surface area contributed by atoms with Crippen molar-refractivity contribution in [2.75, 3.05) is 33.4 Å². The third-order valence-corrected chi connectivity index (χ3v) is 4.28. The van der Waals surface area contributed by atoms with Crippen molar-refractivity contribution in [1.82, 2.24) is 10.2 Å². The first-order valence-corrected chi connectivity index (χ1v) is 7.15. The van der Waals surface area contributed by atoms with E-state index in [1.54, 1.807) is 7.11 Å². The van der Waals surface area contributed by atoms with E-state index in [0.29, 0.717) is 6.04 Å². The van der Waals surface area contributed by atoms with E-state index in [9.17, 15) is 5.11 Å². The van der Waals surface area contributed by atoms with E-state index in [0.717, 1.165) is 26.1 Å². The zero-order chi connectivity index (χ0) is 13.2. The van der Waals surface area contributed by atoms with Gasteiger partial charge in [0.1, 0.15) is 0 Å². The molecule has 4 heteroatoms. The van der Waals surface area contributed by atoms with Gasteiger partial charge >= 0.3 is 0 Å². The summed E-state index contributed by atoms with van der Waals surface area (Å²) in [4.78, 5) is 2.43. The van der Waals surface area contributed by atoms with Crippen LogP contribution in [-0.2, 0) is 4.74 Å². The van der Waals surface area contributed by atoms with Crippen molar-refractivity contribution in [2.45, 2.75) is 56.7 Å². The van der Waals surface area contributed by atoms with E-state index < -0.39 is 0 Å². The number of nitrogens with one attached hydrogen (secondary N) is 1. The third kappa shape index (κ3) is 3.67. The Morgan fingerprint density at radius 1 is 1.50 bits per heavy atom. The van der Waals surface area contributed by atoms with Crippen LogP contribution in [0.3, 0.4) is 0 Å². The van der Waals surface area contributed by atoms with Crippen LogP contribution in [0.25, 0.3) is 0 Å². The zero-order valence-corrected chi connectivity index (χ0v) is 12.0. The van der Waals surface area contributed by atoms with Crippen molar-refractivity contribution < 1.29 is 9.84 Å². The fourth-order valence-corrected chi connectivity index (χ4v) is 2.96. The maximum atomic E-state index is 9.66. The minimum absolute atomic E-state index is 0.0196. The quantitative estimate of drug-likeness (QED) is 0.744. The average Bonchev–Trinajstić information content (AvgIpc) is 3.13. The molecule has 2 unspecified atom stereocenters. The highest BCUT2D eigenvalue weighted by atomic mass is 16.5. The van der Waals surface area contributed by atoms with Gasteiger partial charge in [0.25, 0.3) is 0 Å². The highest BCUT2D eigenvalue weighted by molar-refractivity contribution is 4.96. The number of ether oxygens (including phenoxy) is 1. The highest BCUT2D eigenvalue weighted by Gasteiger charge is 2.37. The molecule has 2 rings (SSSR count). The van der Waals surface area contributed by atoms with E-state index in [4.69, 9.17) is 4.74 Å². The number of methoxy groups -OCH3 is 1. The first-order valence-electron chi connectivity index (χ1n) is 7.15. The molecular formula is C14H28N2O2. The SMILES string of the molecule is COC1(C)CCCN(CC(C)(CO)NC2CC2)C1. The molecule has 2 fully saturated rings. The van der Waals surface area contributed by atoms with Crippen LogP contribution in [-0.4, -0.2) is 60.5 Å². The maximum Gasteiger partial charge on any atom is 0.0777 e. The van der Waals surface area contributed by atoms with Gasteiger partial charge in [0, 0.05) is 26.2 Å². The summed E-state index contributed by atoms with van der Waals surface area (Å²) in [5.41, 5.74) is -0.193. The molecule has 1 aliphatic heterocycles. The van der Waals surface area contributed by atoms with Crippen LogP contribution in [0.15, 0.2) is 0 Å². The maximum absolute atomic E-state index is 9.66. The molecule has 2 N–H and O–H groups in total. The molecule has 4 nitrogen and oxygen atoms in total. The lowest BCUT2D eigenvalue weighted by atomic mass is 9.92. The smallest absolute Gasteiger partial charge is 0.0777 e. The Morgan fingerprint density at radius 3 is 2.78 bits per heavy atom. The summed E-state index contributed by atoms with van der Waals surface area (Å²) in [7, 11) is 1.80. The lowest BCUT2D eigenvalue weighted by Crippen LogP contribution is -2.58. The summed E-state index contributed by atoms with van der Waals surface area (Å²) < 4.78 is 5.63. The summed E-state index contributed by atoms with van der Waals surface area (Å²) >= 11 is 0. The van der Waals surface area contributed by atoms with Crippen molar-refractivity contribution >= 4 is 0 Å². The van der Waals surface area contributed by atoms with Gasteiger partial charge in [-0.2, -0.15) is 0 Å². The van der Waals surface area contributed by atoms with E-state index in [1.807, 2.05) is 0 Å². The minimum atomic E-state index is -0.173. The molecule has 1 heterocycles. The van der Waals surface area contributed by atoms with Gasteiger partial charge in [0.2, 0.25) is 0 Å². The Morgan fingerprint density at radius 2 is 2.22 bits per heavy atom. The van der Waals surface area contributed by atoms with Crippen molar-refractivity contribution in [2.24, 2.45) is 0 Å². The lowest BCUT2D eigenvalue weighted by Gasteiger charge is -2.43. The van der Waals surface area contributed by atoms with Gasteiger partial charge in [-0.25, -0.2) is 0 Å². The summed E-state index contributed by atoms with van der Waals surface area (Å²) in [5, 5.41) is 13.2. The standard InChI is InChI=1S/C14H28N2O2/c1-13(11-17,15-12-5-6-12)9-16-8-4-7-14(2,10-16)18-3/h12,15,17H,4-11H2,1-3H3. The van der Waals surface area contributed by atoms with Crippen LogP contribution in [0.1, 0.15) is 39.5 Å². The van der Waals surface area contributed by atoms with Crippen LogP contribution in [0.2, 0.25) is 0 Å². The Balaban J connectivity index is 1.89. The number of hydrogen-bond acceptors (Lipinski definition) is 4. The third-order valence-electron chi connectivity index (χ3n) is 4.28. The molecule has 0 spiro atoms. The van der Waals surface area contributed by atoms with Gasteiger partial charge < -0.3 is 15.2 Å². The second kappa shape index (κ2) is 5.45. The monoisotopic (exact) mass is 256 g/mol. The second-order valence-electron chi connectivity index (χ2n) is 6.61. The molecule has 1 saturated heterocycles. The number of likely N-dealkylation sites (tertiary alicyclic amines) is 1. The molecule has 0 aromatic heterocycles. The zero-order valence-electron chi connectivity index (χ0n) is 12.0. The number of hydrogen-bond donors (Lipinski definition) is 2. The molecule has 0 aromatic carbocycles. The molecular weight excluding hydrogens is 228 g/mol. The Hall–Kier alpha value is -0.160. The highest BCUT2D eigenvalue weighted by Crippen LogP contribution is 2.27. The molecule has 0 radical (unpaired) electrons. The van der Waals surface area contributed by atoms with Crippen molar-refractivity contribution in [1.29, 1.82) is 0 Å². The van der Waals surface area contributed by atoms with Crippen LogP contribution in [0.4, 0.5) is 0 Å². The second-order valence-corrected chi connectivity index (χ2v) is 6.61. The number of aliphatic hydroxyl groups is 1. The minimum Gasteiger partial charge on any atom is -0.394 e. The normalized spacial score (nSPS) is 33.3. The predicted octanol–water partition coefficient (Wildman–Crippen LogP) is 0.990. The molecule has 18 heavy (non-hydrogen) atoms. The Kier molecular flexibility index (Phi) is 4.32. The summed E-state index contributed by atoms with van der Waals surface area (Å²) in [6, 6.07) is 0.626. The topological polar surface area (TPSA) is 44.7 Å². The fourth-order valence-electron chi connectivity index (χ4n) is 2.96. The van der Waals surface area contributed by atoms with Gasteiger partial charge in [-0.15, -0.1) is 0 Å². The first kappa shape index (κ1) is 14.3. The number of aliphatic hydroxyl groups excluding tert-OH is 1. The summed E-state index contributed by atoms with van der Waals surface area (Å²) in [6.45, 7) is 7.49. The van der Waals surface area contributed by atoms with E-state index >= 15 is 0 Å². The lowest BCUT2D eigenvalue weighted by molar-refractivity contribution is -0.0577. The molecule has 1 saturated carbocycles. The van der Waals surface area contributed by atoms with Crippen LogP contribution >= 0.6 is 0 Å². The fraction of sp³-hybridized carbons (Fsp3) is 1.00. The van der Waals surface area contributed by atoms with Crippen molar-refractivity contribution in [3.05, 3.63) is 0 Å². The van der Waals surface area contributed by atoms with Gasteiger partial charge in [0.05, 0.1) is 17.7 Å². The van der Waals surface area contributed by atoms with Crippen LogP contribution in [0, 0.1) is 0 Å². The largest absolute Gasteiger partial charge is 0.394 e. The van der Waals surface area contributed by atoms with Crippen LogP contribution in [0.5, 0.6) is 0 Å².